The molecule has 2 aromatic rings. The van der Waals surface area contributed by atoms with E-state index >= 15 is 0 Å². The molecule has 1 aromatic heterocycles. The number of aromatic nitrogens is 2. The molecule has 18 heavy (non-hydrogen) atoms. The van der Waals surface area contributed by atoms with E-state index in [9.17, 15) is 4.79 Å². The lowest BCUT2D eigenvalue weighted by atomic mass is 10.3. The molecule has 0 fully saturated rings. The third-order valence-corrected chi connectivity index (χ3v) is 2.43. The molecule has 0 bridgehead atoms. The van der Waals surface area contributed by atoms with Crippen LogP contribution < -0.4 is 4.74 Å². The standard InChI is InChI=1S/C13H14N2O3/c1-10(13(16)17-2)18-12-8-14-15(9-12)11-6-4-3-5-7-11/h3-10H,1-2H3. The summed E-state index contributed by atoms with van der Waals surface area (Å²) < 4.78 is 11.7. The molecule has 5 nitrogen and oxygen atoms in total. The van der Waals surface area contributed by atoms with Crippen LogP contribution in [0.2, 0.25) is 0 Å². The van der Waals surface area contributed by atoms with Crippen LogP contribution in [0.25, 0.3) is 5.69 Å². The summed E-state index contributed by atoms with van der Waals surface area (Å²) in [4.78, 5) is 11.2. The predicted molar refractivity (Wildman–Crippen MR) is 65.7 cm³/mol. The fourth-order valence-corrected chi connectivity index (χ4v) is 1.51. The second-order valence-corrected chi connectivity index (χ2v) is 3.74. The van der Waals surface area contributed by atoms with Crippen molar-refractivity contribution in [1.82, 2.24) is 9.78 Å². The molecule has 0 N–H and O–H groups in total. The van der Waals surface area contributed by atoms with Crippen LogP contribution in [0.15, 0.2) is 42.7 Å². The summed E-state index contributed by atoms with van der Waals surface area (Å²) in [5, 5.41) is 4.16. The molecule has 0 aliphatic rings. The van der Waals surface area contributed by atoms with Gasteiger partial charge in [-0.1, -0.05) is 18.2 Å². The Hall–Kier alpha value is -2.30. The number of hydrogen-bond donors (Lipinski definition) is 0. The van der Waals surface area contributed by atoms with Crippen molar-refractivity contribution in [1.29, 1.82) is 0 Å². The molecule has 1 unspecified atom stereocenters. The third kappa shape index (κ3) is 2.68. The largest absolute Gasteiger partial charge is 0.476 e. The van der Waals surface area contributed by atoms with E-state index in [2.05, 4.69) is 9.84 Å². The Morgan fingerprint density at radius 1 is 1.33 bits per heavy atom. The molecule has 2 rings (SSSR count). The molecule has 94 valence electrons. The zero-order valence-corrected chi connectivity index (χ0v) is 10.2. The summed E-state index contributed by atoms with van der Waals surface area (Å²) >= 11 is 0. The van der Waals surface area contributed by atoms with E-state index < -0.39 is 12.1 Å². The predicted octanol–water partition coefficient (Wildman–Crippen LogP) is 1.81. The Labute approximate surface area is 105 Å². The van der Waals surface area contributed by atoms with Crippen molar-refractivity contribution >= 4 is 5.97 Å². The molecule has 5 heteroatoms. The number of esters is 1. The average molecular weight is 246 g/mol. The zero-order valence-electron chi connectivity index (χ0n) is 10.2. The van der Waals surface area contributed by atoms with Gasteiger partial charge in [0, 0.05) is 0 Å². The van der Waals surface area contributed by atoms with Crippen molar-refractivity contribution in [2.75, 3.05) is 7.11 Å². The summed E-state index contributed by atoms with van der Waals surface area (Å²) in [6, 6.07) is 9.65. The molecular formula is C13H14N2O3. The van der Waals surface area contributed by atoms with Gasteiger partial charge in [0.25, 0.3) is 0 Å². The lowest BCUT2D eigenvalue weighted by Crippen LogP contribution is -2.24. The summed E-state index contributed by atoms with van der Waals surface area (Å²) in [5.74, 6) is 0.110. The number of methoxy groups -OCH3 is 1. The smallest absolute Gasteiger partial charge is 0.346 e. The van der Waals surface area contributed by atoms with Crippen LogP contribution in [0.4, 0.5) is 0 Å². The molecule has 1 atom stereocenters. The van der Waals surface area contributed by atoms with Crippen molar-refractivity contribution < 1.29 is 14.3 Å². The number of para-hydroxylation sites is 1. The van der Waals surface area contributed by atoms with Gasteiger partial charge in [0.15, 0.2) is 11.9 Å². The first kappa shape index (κ1) is 12.2. The highest BCUT2D eigenvalue weighted by Crippen LogP contribution is 2.14. The van der Waals surface area contributed by atoms with Crippen LogP contribution in [0, 0.1) is 0 Å². The van der Waals surface area contributed by atoms with Crippen LogP contribution in [0.5, 0.6) is 5.75 Å². The van der Waals surface area contributed by atoms with Crippen molar-refractivity contribution in [3.63, 3.8) is 0 Å². The Bertz CT molecular complexity index is 522. The average Bonchev–Trinajstić information content (AvgIpc) is 2.87. The first-order chi connectivity index (χ1) is 8.70. The van der Waals surface area contributed by atoms with Crippen LogP contribution in [0.3, 0.4) is 0 Å². The number of ether oxygens (including phenoxy) is 2. The Morgan fingerprint density at radius 2 is 2.06 bits per heavy atom. The molecule has 0 saturated heterocycles. The van der Waals surface area contributed by atoms with Crippen molar-refractivity contribution in [2.24, 2.45) is 0 Å². The lowest BCUT2D eigenvalue weighted by Gasteiger charge is -2.09. The number of rotatable bonds is 4. The summed E-state index contributed by atoms with van der Waals surface area (Å²) in [7, 11) is 1.33. The van der Waals surface area contributed by atoms with Gasteiger partial charge in [-0.3, -0.25) is 0 Å². The molecule has 0 amide bonds. The Kier molecular flexibility index (Phi) is 3.62. The number of hydrogen-bond acceptors (Lipinski definition) is 4. The normalized spacial score (nSPS) is 11.9. The van der Waals surface area contributed by atoms with Crippen LogP contribution >= 0.6 is 0 Å². The fraction of sp³-hybridized carbons (Fsp3) is 0.231. The molecule has 0 saturated carbocycles. The van der Waals surface area contributed by atoms with E-state index in [1.807, 2.05) is 30.3 Å². The molecule has 1 heterocycles. The minimum Gasteiger partial charge on any atom is -0.476 e. The minimum absolute atomic E-state index is 0.414. The van der Waals surface area contributed by atoms with Gasteiger partial charge in [0.1, 0.15) is 0 Å². The minimum atomic E-state index is -0.650. The van der Waals surface area contributed by atoms with E-state index in [1.54, 1.807) is 24.0 Å². The van der Waals surface area contributed by atoms with Crippen molar-refractivity contribution in [2.45, 2.75) is 13.0 Å². The van der Waals surface area contributed by atoms with Gasteiger partial charge in [-0.2, -0.15) is 5.10 Å². The maximum atomic E-state index is 11.2. The number of nitrogens with zero attached hydrogens (tertiary/aromatic N) is 2. The highest BCUT2D eigenvalue weighted by atomic mass is 16.6. The second kappa shape index (κ2) is 5.35. The van der Waals surface area contributed by atoms with E-state index in [4.69, 9.17) is 4.74 Å². The van der Waals surface area contributed by atoms with Gasteiger partial charge >= 0.3 is 5.97 Å². The molecule has 0 aliphatic heterocycles. The Balaban J connectivity index is 2.09. The molecule has 0 aliphatic carbocycles. The quantitative estimate of drug-likeness (QED) is 0.772. The zero-order chi connectivity index (χ0) is 13.0. The maximum Gasteiger partial charge on any atom is 0.346 e. The van der Waals surface area contributed by atoms with Crippen molar-refractivity contribution in [3.05, 3.63) is 42.7 Å². The summed E-state index contributed by atoms with van der Waals surface area (Å²) in [5.41, 5.74) is 0.929. The molecule has 0 radical (unpaired) electrons. The maximum absolute atomic E-state index is 11.2. The SMILES string of the molecule is COC(=O)C(C)Oc1cnn(-c2ccccc2)c1. The molecule has 0 spiro atoms. The van der Waals surface area contributed by atoms with E-state index in [0.29, 0.717) is 5.75 Å². The number of benzene rings is 1. The summed E-state index contributed by atoms with van der Waals surface area (Å²) in [6.45, 7) is 1.63. The topological polar surface area (TPSA) is 53.4 Å². The van der Waals surface area contributed by atoms with E-state index in [0.717, 1.165) is 5.69 Å². The number of carbonyl (C=O) groups is 1. The third-order valence-electron chi connectivity index (χ3n) is 2.43. The van der Waals surface area contributed by atoms with Gasteiger partial charge in [0.2, 0.25) is 0 Å². The van der Waals surface area contributed by atoms with Crippen molar-refractivity contribution in [3.8, 4) is 11.4 Å². The fourth-order valence-electron chi connectivity index (χ4n) is 1.51. The highest BCUT2D eigenvalue weighted by Gasteiger charge is 2.15. The monoisotopic (exact) mass is 246 g/mol. The first-order valence-corrected chi connectivity index (χ1v) is 5.55. The molecule has 1 aromatic carbocycles. The van der Waals surface area contributed by atoms with Gasteiger partial charge in [-0.25, -0.2) is 9.48 Å². The Morgan fingerprint density at radius 3 is 2.72 bits per heavy atom. The van der Waals surface area contributed by atoms with Gasteiger partial charge < -0.3 is 9.47 Å². The first-order valence-electron chi connectivity index (χ1n) is 5.55. The van der Waals surface area contributed by atoms with Crippen LogP contribution in [0.1, 0.15) is 6.92 Å². The van der Waals surface area contributed by atoms with Gasteiger partial charge in [0.05, 0.1) is 25.2 Å². The second-order valence-electron chi connectivity index (χ2n) is 3.74. The van der Waals surface area contributed by atoms with Gasteiger partial charge in [-0.15, -0.1) is 0 Å². The highest BCUT2D eigenvalue weighted by molar-refractivity contribution is 5.74. The molecular weight excluding hydrogens is 232 g/mol. The van der Waals surface area contributed by atoms with E-state index in [-0.39, 0.29) is 0 Å². The lowest BCUT2D eigenvalue weighted by molar-refractivity contribution is -0.147. The number of carbonyl (C=O) groups excluding carboxylic acids is 1. The summed E-state index contributed by atoms with van der Waals surface area (Å²) in [6.07, 6.45) is 2.63. The van der Waals surface area contributed by atoms with E-state index in [1.165, 1.54) is 7.11 Å². The van der Waals surface area contributed by atoms with Crippen LogP contribution in [-0.4, -0.2) is 29.0 Å². The van der Waals surface area contributed by atoms with Gasteiger partial charge in [-0.05, 0) is 19.1 Å². The van der Waals surface area contributed by atoms with Crippen LogP contribution in [-0.2, 0) is 9.53 Å².